The normalized spacial score (nSPS) is 10.8. The van der Waals surface area contributed by atoms with Crippen LogP contribution in [-0.2, 0) is 4.79 Å². The number of esters is 1. The lowest BCUT2D eigenvalue weighted by Gasteiger charge is -2.09. The van der Waals surface area contributed by atoms with E-state index in [0.29, 0.717) is 22.6 Å². The lowest BCUT2D eigenvalue weighted by atomic mass is 10.1. The molecule has 0 aromatic heterocycles. The number of amides is 1. The Morgan fingerprint density at radius 3 is 2.50 bits per heavy atom. The van der Waals surface area contributed by atoms with E-state index < -0.39 is 11.9 Å². The topological polar surface area (TPSA) is 77.0 Å². The Kier molecular flexibility index (Phi) is 7.78. The van der Waals surface area contributed by atoms with Gasteiger partial charge in [0.25, 0.3) is 5.91 Å². The van der Waals surface area contributed by atoms with Crippen molar-refractivity contribution in [3.8, 4) is 11.5 Å². The molecule has 0 aliphatic heterocycles. The molecule has 0 radical (unpaired) electrons. The molecule has 0 aliphatic carbocycles. The Bertz CT molecular complexity index is 1170. The molecule has 0 aliphatic rings. The van der Waals surface area contributed by atoms with E-state index in [9.17, 15) is 9.59 Å². The molecule has 0 saturated heterocycles. The molecule has 0 heterocycles. The number of benzene rings is 3. The Hall–Kier alpha value is -3.45. The van der Waals surface area contributed by atoms with Crippen molar-refractivity contribution in [3.63, 3.8) is 0 Å². The van der Waals surface area contributed by atoms with Gasteiger partial charge in [0, 0.05) is 10.0 Å². The number of hydrogen-bond acceptors (Lipinski definition) is 5. The summed E-state index contributed by atoms with van der Waals surface area (Å²) in [4.78, 5) is 24.6. The number of nitrogens with one attached hydrogen (secondary N) is 1. The highest BCUT2D eigenvalue weighted by Gasteiger charge is 2.13. The van der Waals surface area contributed by atoms with E-state index in [4.69, 9.17) is 9.47 Å². The summed E-state index contributed by atoms with van der Waals surface area (Å²) in [6.07, 6.45) is 1.42. The number of hydrazone groups is 1. The molecule has 0 bridgehead atoms. The smallest absolute Gasteiger partial charge is 0.343 e. The van der Waals surface area contributed by atoms with Gasteiger partial charge in [-0.15, -0.1) is 0 Å². The van der Waals surface area contributed by atoms with Crippen molar-refractivity contribution >= 4 is 34.0 Å². The molecule has 1 amide bonds. The average molecular weight is 495 g/mol. The van der Waals surface area contributed by atoms with Gasteiger partial charge in [0.15, 0.2) is 6.61 Å². The summed E-state index contributed by atoms with van der Waals surface area (Å²) in [6.45, 7) is 5.66. The SMILES string of the molecule is Cc1ccc(OCC(=O)N/N=C/c2cc(Br)ccc2OC(=O)c2ccccc2C)cc1C. The second kappa shape index (κ2) is 10.7. The van der Waals surface area contributed by atoms with E-state index in [-0.39, 0.29) is 6.61 Å². The van der Waals surface area contributed by atoms with Crippen molar-refractivity contribution in [2.45, 2.75) is 20.8 Å². The van der Waals surface area contributed by atoms with Gasteiger partial charge < -0.3 is 9.47 Å². The summed E-state index contributed by atoms with van der Waals surface area (Å²) in [6, 6.07) is 18.0. The lowest BCUT2D eigenvalue weighted by Crippen LogP contribution is -2.24. The van der Waals surface area contributed by atoms with E-state index in [1.807, 2.05) is 51.1 Å². The molecule has 0 saturated carbocycles. The molecule has 3 aromatic carbocycles. The number of halogens is 1. The Morgan fingerprint density at radius 1 is 0.969 bits per heavy atom. The standard InChI is InChI=1S/C25H23BrN2O4/c1-16-8-10-21(12-18(16)3)31-15-24(29)28-27-14-19-13-20(26)9-11-23(19)32-25(30)22-7-5-4-6-17(22)2/h4-14H,15H2,1-3H3,(H,28,29)/b27-14+. The quantitative estimate of drug-likeness (QED) is 0.214. The van der Waals surface area contributed by atoms with E-state index >= 15 is 0 Å². The first-order valence-electron chi connectivity index (χ1n) is 9.93. The Balaban J connectivity index is 1.63. The molecule has 32 heavy (non-hydrogen) atoms. The molecule has 3 rings (SSSR count). The fourth-order valence-electron chi connectivity index (χ4n) is 2.83. The molecule has 0 unspecified atom stereocenters. The fraction of sp³-hybridized carbons (Fsp3) is 0.160. The van der Waals surface area contributed by atoms with Gasteiger partial charge in [-0.1, -0.05) is 40.2 Å². The summed E-state index contributed by atoms with van der Waals surface area (Å²) in [5.41, 5.74) is 6.48. The first kappa shape index (κ1) is 23.2. The Labute approximate surface area is 195 Å². The molecule has 0 spiro atoms. The van der Waals surface area contributed by atoms with Crippen LogP contribution in [-0.4, -0.2) is 24.7 Å². The number of nitrogens with zero attached hydrogens (tertiary/aromatic N) is 1. The number of hydrogen-bond donors (Lipinski definition) is 1. The number of rotatable bonds is 7. The summed E-state index contributed by atoms with van der Waals surface area (Å²) in [7, 11) is 0. The molecule has 1 N–H and O–H groups in total. The number of carbonyl (C=O) groups is 2. The minimum absolute atomic E-state index is 0.173. The van der Waals surface area contributed by atoms with Crippen molar-refractivity contribution < 1.29 is 19.1 Å². The minimum atomic E-state index is -0.467. The van der Waals surface area contributed by atoms with Gasteiger partial charge in [-0.05, 0) is 73.9 Å². The van der Waals surface area contributed by atoms with Gasteiger partial charge in [0.1, 0.15) is 11.5 Å². The van der Waals surface area contributed by atoms with E-state index in [1.54, 1.807) is 30.3 Å². The first-order chi connectivity index (χ1) is 15.3. The number of ether oxygens (including phenoxy) is 2. The van der Waals surface area contributed by atoms with Crippen LogP contribution >= 0.6 is 15.9 Å². The molecule has 164 valence electrons. The molecule has 0 fully saturated rings. The lowest BCUT2D eigenvalue weighted by molar-refractivity contribution is -0.123. The van der Waals surface area contributed by atoms with Crippen molar-refractivity contribution in [2.75, 3.05) is 6.61 Å². The van der Waals surface area contributed by atoms with Gasteiger partial charge in [-0.3, -0.25) is 4.79 Å². The highest BCUT2D eigenvalue weighted by Crippen LogP contribution is 2.23. The van der Waals surface area contributed by atoms with Crippen LogP contribution in [0.25, 0.3) is 0 Å². The van der Waals surface area contributed by atoms with Crippen molar-refractivity contribution in [2.24, 2.45) is 5.10 Å². The second-order valence-corrected chi connectivity index (χ2v) is 8.13. The summed E-state index contributed by atoms with van der Waals surface area (Å²) in [5.74, 6) is 0.0642. The second-order valence-electron chi connectivity index (χ2n) is 7.21. The predicted molar refractivity (Wildman–Crippen MR) is 127 cm³/mol. The first-order valence-corrected chi connectivity index (χ1v) is 10.7. The highest BCUT2D eigenvalue weighted by molar-refractivity contribution is 9.10. The van der Waals surface area contributed by atoms with Crippen LogP contribution in [0.4, 0.5) is 0 Å². The number of aryl methyl sites for hydroxylation is 3. The third-order valence-corrected chi connectivity index (χ3v) is 5.27. The molecule has 3 aromatic rings. The Morgan fingerprint density at radius 2 is 1.75 bits per heavy atom. The fourth-order valence-corrected chi connectivity index (χ4v) is 3.21. The monoisotopic (exact) mass is 494 g/mol. The van der Waals surface area contributed by atoms with Crippen molar-refractivity contribution in [3.05, 3.63) is 93.0 Å². The zero-order valence-electron chi connectivity index (χ0n) is 18.0. The maximum atomic E-state index is 12.6. The molecule has 6 nitrogen and oxygen atoms in total. The predicted octanol–water partition coefficient (Wildman–Crippen LogP) is 5.12. The summed E-state index contributed by atoms with van der Waals surface area (Å²) >= 11 is 3.39. The van der Waals surface area contributed by atoms with Crippen LogP contribution in [0.3, 0.4) is 0 Å². The van der Waals surface area contributed by atoms with Crippen LogP contribution in [0.15, 0.2) is 70.2 Å². The maximum absolute atomic E-state index is 12.6. The minimum Gasteiger partial charge on any atom is -0.484 e. The van der Waals surface area contributed by atoms with E-state index in [1.165, 1.54) is 6.21 Å². The number of carbonyl (C=O) groups excluding carboxylic acids is 2. The average Bonchev–Trinajstić information content (AvgIpc) is 2.76. The van der Waals surface area contributed by atoms with E-state index in [2.05, 4.69) is 26.5 Å². The summed E-state index contributed by atoms with van der Waals surface area (Å²) < 4.78 is 11.8. The molecule has 0 atom stereocenters. The van der Waals surface area contributed by atoms with Gasteiger partial charge in [-0.2, -0.15) is 5.10 Å². The van der Waals surface area contributed by atoms with Crippen LogP contribution in [0, 0.1) is 20.8 Å². The molecular weight excluding hydrogens is 472 g/mol. The third-order valence-electron chi connectivity index (χ3n) is 4.78. The molecular formula is C25H23BrN2O4. The maximum Gasteiger partial charge on any atom is 0.343 e. The third kappa shape index (κ3) is 6.28. The van der Waals surface area contributed by atoms with Crippen LogP contribution in [0.1, 0.15) is 32.6 Å². The summed E-state index contributed by atoms with van der Waals surface area (Å²) in [5, 5.41) is 3.97. The van der Waals surface area contributed by atoms with Crippen LogP contribution in [0.5, 0.6) is 11.5 Å². The highest BCUT2D eigenvalue weighted by atomic mass is 79.9. The van der Waals surface area contributed by atoms with Crippen molar-refractivity contribution in [1.82, 2.24) is 5.43 Å². The largest absolute Gasteiger partial charge is 0.484 e. The van der Waals surface area contributed by atoms with Gasteiger partial charge in [0.05, 0.1) is 11.8 Å². The zero-order valence-corrected chi connectivity index (χ0v) is 19.6. The van der Waals surface area contributed by atoms with E-state index in [0.717, 1.165) is 21.2 Å². The van der Waals surface area contributed by atoms with Crippen LogP contribution in [0.2, 0.25) is 0 Å². The van der Waals surface area contributed by atoms with Crippen molar-refractivity contribution in [1.29, 1.82) is 0 Å². The van der Waals surface area contributed by atoms with Crippen LogP contribution < -0.4 is 14.9 Å². The molecule has 7 heteroatoms. The van der Waals surface area contributed by atoms with Gasteiger partial charge >= 0.3 is 5.97 Å². The van der Waals surface area contributed by atoms with Gasteiger partial charge in [-0.25, -0.2) is 10.2 Å². The van der Waals surface area contributed by atoms with Gasteiger partial charge in [0.2, 0.25) is 0 Å². The zero-order chi connectivity index (χ0) is 23.1.